The fourth-order valence-electron chi connectivity index (χ4n) is 3.99. The summed E-state index contributed by atoms with van der Waals surface area (Å²) >= 11 is 6.22. The molecule has 1 heterocycles. The minimum absolute atomic E-state index is 0.0714. The lowest BCUT2D eigenvalue weighted by Gasteiger charge is -2.19. The first-order valence-electron chi connectivity index (χ1n) is 11.3. The maximum atomic E-state index is 13.1. The predicted octanol–water partition coefficient (Wildman–Crippen LogP) is 4.91. The summed E-state index contributed by atoms with van der Waals surface area (Å²) in [6.07, 6.45) is 0.0714. The summed E-state index contributed by atoms with van der Waals surface area (Å²) in [5, 5.41) is 6.21. The Kier molecular flexibility index (Phi) is 7.45. The zero-order valence-corrected chi connectivity index (χ0v) is 20.9. The van der Waals surface area contributed by atoms with E-state index in [1.807, 2.05) is 25.1 Å². The number of carbonyl (C=O) groups excluding carboxylic acids is 3. The molecule has 3 amide bonds. The maximum Gasteiger partial charge on any atom is 0.255 e. The number of methoxy groups -OCH3 is 2. The van der Waals surface area contributed by atoms with Gasteiger partial charge in [-0.15, -0.1) is 0 Å². The van der Waals surface area contributed by atoms with E-state index in [0.717, 1.165) is 5.56 Å². The lowest BCUT2D eigenvalue weighted by Crippen LogP contribution is -2.28. The fourth-order valence-corrected chi connectivity index (χ4v) is 4.17. The molecule has 36 heavy (non-hydrogen) atoms. The molecule has 0 radical (unpaired) electrons. The van der Waals surface area contributed by atoms with E-state index < -0.39 is 5.92 Å². The highest BCUT2D eigenvalue weighted by molar-refractivity contribution is 6.31. The fraction of sp³-hybridized carbons (Fsp3) is 0.222. The van der Waals surface area contributed by atoms with Gasteiger partial charge in [0.05, 0.1) is 31.5 Å². The molecule has 1 atom stereocenters. The Labute approximate surface area is 214 Å². The topological polar surface area (TPSA) is 97.0 Å². The van der Waals surface area contributed by atoms with E-state index in [2.05, 4.69) is 10.6 Å². The van der Waals surface area contributed by atoms with Gasteiger partial charge in [-0.3, -0.25) is 14.4 Å². The number of aryl methyl sites for hydroxylation is 1. The summed E-state index contributed by atoms with van der Waals surface area (Å²) < 4.78 is 10.9. The molecule has 0 saturated carbocycles. The van der Waals surface area contributed by atoms with Gasteiger partial charge in [0.25, 0.3) is 5.91 Å². The number of nitrogens with zero attached hydrogens (tertiary/aromatic N) is 1. The van der Waals surface area contributed by atoms with E-state index in [4.69, 9.17) is 21.1 Å². The van der Waals surface area contributed by atoms with Crippen LogP contribution in [0.25, 0.3) is 0 Å². The van der Waals surface area contributed by atoms with Gasteiger partial charge in [0, 0.05) is 41.4 Å². The molecule has 0 spiro atoms. The number of carbonyl (C=O) groups is 3. The quantitative estimate of drug-likeness (QED) is 0.473. The summed E-state index contributed by atoms with van der Waals surface area (Å²) in [4.78, 5) is 39.9. The smallest absolute Gasteiger partial charge is 0.255 e. The highest BCUT2D eigenvalue weighted by Gasteiger charge is 2.35. The van der Waals surface area contributed by atoms with Gasteiger partial charge in [-0.05, 0) is 36.8 Å². The molecule has 0 aromatic heterocycles. The average molecular weight is 508 g/mol. The first-order chi connectivity index (χ1) is 17.3. The molecule has 2 N–H and O–H groups in total. The molecular formula is C27H26ClN3O5. The van der Waals surface area contributed by atoms with Crippen molar-refractivity contribution in [2.75, 3.05) is 36.3 Å². The van der Waals surface area contributed by atoms with E-state index in [0.29, 0.717) is 39.1 Å². The van der Waals surface area contributed by atoms with Crippen LogP contribution in [0.3, 0.4) is 0 Å². The van der Waals surface area contributed by atoms with Crippen LogP contribution in [0.2, 0.25) is 5.02 Å². The molecular weight excluding hydrogens is 482 g/mol. The van der Waals surface area contributed by atoms with Crippen molar-refractivity contribution >= 4 is 46.4 Å². The second kappa shape index (κ2) is 10.7. The molecule has 3 aromatic rings. The minimum atomic E-state index is -0.564. The van der Waals surface area contributed by atoms with Gasteiger partial charge >= 0.3 is 0 Å². The zero-order chi connectivity index (χ0) is 25.8. The van der Waals surface area contributed by atoms with E-state index >= 15 is 0 Å². The number of ether oxygens (including phenoxy) is 2. The molecule has 8 nitrogen and oxygen atoms in total. The summed E-state index contributed by atoms with van der Waals surface area (Å²) in [6, 6.07) is 17.3. The highest BCUT2D eigenvalue weighted by atomic mass is 35.5. The summed E-state index contributed by atoms with van der Waals surface area (Å²) in [7, 11) is 2.92. The molecule has 0 bridgehead atoms. The first-order valence-corrected chi connectivity index (χ1v) is 11.7. The van der Waals surface area contributed by atoms with Gasteiger partial charge < -0.3 is 25.0 Å². The van der Waals surface area contributed by atoms with Gasteiger partial charge in [0.1, 0.15) is 11.5 Å². The van der Waals surface area contributed by atoms with Crippen LogP contribution >= 0.6 is 11.6 Å². The monoisotopic (exact) mass is 507 g/mol. The third-order valence-corrected chi connectivity index (χ3v) is 6.43. The van der Waals surface area contributed by atoms with Crippen LogP contribution in [-0.2, 0) is 9.59 Å². The predicted molar refractivity (Wildman–Crippen MR) is 139 cm³/mol. The van der Waals surface area contributed by atoms with Crippen LogP contribution < -0.4 is 25.0 Å². The van der Waals surface area contributed by atoms with Crippen molar-refractivity contribution in [2.45, 2.75) is 13.3 Å². The number of rotatable bonds is 7. The van der Waals surface area contributed by atoms with Crippen LogP contribution in [-0.4, -0.2) is 38.5 Å². The normalized spacial score (nSPS) is 14.9. The summed E-state index contributed by atoms with van der Waals surface area (Å²) in [5.74, 6) is -0.684. The standard InChI is InChI=1S/C27H26ClN3O5/c1-16-9-10-19(12-20(16)28)31-15-18(11-25(31)32)27(34)30-22-14-23(35-2)21(13-24(22)36-3)29-26(33)17-7-5-4-6-8-17/h4-10,12-14,18H,11,15H2,1-3H3,(H,29,33)(H,30,34). The van der Waals surface area contributed by atoms with Gasteiger partial charge in [0.15, 0.2) is 0 Å². The number of benzene rings is 3. The van der Waals surface area contributed by atoms with Crippen LogP contribution in [0.15, 0.2) is 60.7 Å². The number of halogens is 1. The lowest BCUT2D eigenvalue weighted by atomic mass is 10.1. The van der Waals surface area contributed by atoms with Gasteiger partial charge in [-0.1, -0.05) is 35.9 Å². The summed E-state index contributed by atoms with van der Waals surface area (Å²) in [5.41, 5.74) is 2.80. The van der Waals surface area contributed by atoms with E-state index in [-0.39, 0.29) is 30.7 Å². The van der Waals surface area contributed by atoms with E-state index in [1.165, 1.54) is 14.2 Å². The Morgan fingerprint density at radius 1 is 0.944 bits per heavy atom. The van der Waals surface area contributed by atoms with Crippen LogP contribution in [0.5, 0.6) is 11.5 Å². The molecule has 1 aliphatic rings. The number of amides is 3. The molecule has 1 unspecified atom stereocenters. The Morgan fingerprint density at radius 3 is 2.19 bits per heavy atom. The number of nitrogens with one attached hydrogen (secondary N) is 2. The van der Waals surface area contributed by atoms with Crippen molar-refractivity contribution in [1.82, 2.24) is 0 Å². The molecule has 3 aromatic carbocycles. The molecule has 4 rings (SSSR count). The zero-order valence-electron chi connectivity index (χ0n) is 20.1. The first kappa shape index (κ1) is 25.1. The number of anilines is 3. The molecule has 1 aliphatic heterocycles. The van der Waals surface area contributed by atoms with Crippen LogP contribution in [0.4, 0.5) is 17.1 Å². The molecule has 1 saturated heterocycles. The minimum Gasteiger partial charge on any atom is -0.494 e. The molecule has 1 fully saturated rings. The Bertz CT molecular complexity index is 1310. The Morgan fingerprint density at radius 2 is 1.58 bits per heavy atom. The second-order valence-electron chi connectivity index (χ2n) is 8.40. The van der Waals surface area contributed by atoms with Crippen molar-refractivity contribution < 1.29 is 23.9 Å². The Balaban J connectivity index is 1.51. The maximum absolute atomic E-state index is 13.1. The third-order valence-electron chi connectivity index (χ3n) is 6.03. The second-order valence-corrected chi connectivity index (χ2v) is 8.81. The largest absolute Gasteiger partial charge is 0.494 e. The van der Waals surface area contributed by atoms with Crippen molar-refractivity contribution in [3.05, 3.63) is 76.8 Å². The van der Waals surface area contributed by atoms with Gasteiger partial charge in [-0.2, -0.15) is 0 Å². The highest BCUT2D eigenvalue weighted by Crippen LogP contribution is 2.37. The van der Waals surface area contributed by atoms with Crippen molar-refractivity contribution in [2.24, 2.45) is 5.92 Å². The van der Waals surface area contributed by atoms with E-state index in [9.17, 15) is 14.4 Å². The van der Waals surface area contributed by atoms with Crippen molar-refractivity contribution in [3.8, 4) is 11.5 Å². The van der Waals surface area contributed by atoms with Gasteiger partial charge in [-0.25, -0.2) is 0 Å². The molecule has 9 heteroatoms. The van der Waals surface area contributed by atoms with Crippen LogP contribution in [0, 0.1) is 12.8 Å². The Hall–Kier alpha value is -4.04. The average Bonchev–Trinajstić information content (AvgIpc) is 3.28. The van der Waals surface area contributed by atoms with Crippen LogP contribution in [0.1, 0.15) is 22.3 Å². The van der Waals surface area contributed by atoms with Gasteiger partial charge in [0.2, 0.25) is 11.8 Å². The lowest BCUT2D eigenvalue weighted by molar-refractivity contribution is -0.122. The SMILES string of the molecule is COc1cc(NC(=O)C2CC(=O)N(c3ccc(C)c(Cl)c3)C2)c(OC)cc1NC(=O)c1ccccc1. The molecule has 0 aliphatic carbocycles. The number of hydrogen-bond donors (Lipinski definition) is 2. The van der Waals surface area contributed by atoms with Crippen molar-refractivity contribution in [3.63, 3.8) is 0 Å². The third kappa shape index (κ3) is 5.28. The summed E-state index contributed by atoms with van der Waals surface area (Å²) in [6.45, 7) is 2.11. The number of hydrogen-bond acceptors (Lipinski definition) is 5. The van der Waals surface area contributed by atoms with Crippen molar-refractivity contribution in [1.29, 1.82) is 0 Å². The van der Waals surface area contributed by atoms with E-state index in [1.54, 1.807) is 47.4 Å². The molecule has 186 valence electrons.